The van der Waals surface area contributed by atoms with E-state index < -0.39 is 6.10 Å². The zero-order valence-electron chi connectivity index (χ0n) is 8.87. The fourth-order valence-corrected chi connectivity index (χ4v) is 1.68. The quantitative estimate of drug-likeness (QED) is 0.638. The van der Waals surface area contributed by atoms with Crippen LogP contribution in [0, 0.1) is 5.92 Å². The number of ether oxygens (including phenoxy) is 2. The molecular weight excluding hydrogens is 182 g/mol. The molecule has 0 aromatic rings. The molecule has 0 aromatic heterocycles. The van der Waals surface area contributed by atoms with Gasteiger partial charge in [-0.15, -0.1) is 0 Å². The predicted molar refractivity (Wildman–Crippen MR) is 54.3 cm³/mol. The van der Waals surface area contributed by atoms with Crippen molar-refractivity contribution < 1.29 is 14.6 Å². The molecule has 0 spiro atoms. The highest BCUT2D eigenvalue weighted by molar-refractivity contribution is 4.68. The average molecular weight is 203 g/mol. The summed E-state index contributed by atoms with van der Waals surface area (Å²) in [7, 11) is 1.58. The number of hydrogen-bond donors (Lipinski definition) is 2. The summed E-state index contributed by atoms with van der Waals surface area (Å²) in [5.74, 6) is 0.610. The zero-order chi connectivity index (χ0) is 10.2. The van der Waals surface area contributed by atoms with E-state index in [0.717, 1.165) is 19.7 Å². The van der Waals surface area contributed by atoms with Gasteiger partial charge in [-0.1, -0.05) is 0 Å². The first-order valence-electron chi connectivity index (χ1n) is 5.28. The van der Waals surface area contributed by atoms with Crippen LogP contribution in [-0.2, 0) is 9.47 Å². The van der Waals surface area contributed by atoms with Crippen LogP contribution in [0.5, 0.6) is 0 Å². The average Bonchev–Trinajstić information content (AvgIpc) is 2.20. The van der Waals surface area contributed by atoms with Gasteiger partial charge < -0.3 is 19.9 Å². The molecule has 0 radical (unpaired) electrons. The van der Waals surface area contributed by atoms with Crippen molar-refractivity contribution in [1.82, 2.24) is 5.32 Å². The predicted octanol–water partition coefficient (Wildman–Crippen LogP) is 0.00990. The highest BCUT2D eigenvalue weighted by atomic mass is 16.5. The van der Waals surface area contributed by atoms with Gasteiger partial charge >= 0.3 is 0 Å². The van der Waals surface area contributed by atoms with Gasteiger partial charge in [-0.25, -0.2) is 0 Å². The molecule has 0 amide bonds. The van der Waals surface area contributed by atoms with Crippen molar-refractivity contribution in [3.63, 3.8) is 0 Å². The number of hydrogen-bond acceptors (Lipinski definition) is 4. The lowest BCUT2D eigenvalue weighted by Gasteiger charge is -2.23. The number of piperidine rings is 1. The first kappa shape index (κ1) is 11.9. The van der Waals surface area contributed by atoms with Crippen molar-refractivity contribution in [1.29, 1.82) is 0 Å². The highest BCUT2D eigenvalue weighted by Gasteiger charge is 2.13. The Balaban J connectivity index is 1.96. The molecule has 0 aliphatic carbocycles. The van der Waals surface area contributed by atoms with E-state index in [1.54, 1.807) is 7.11 Å². The van der Waals surface area contributed by atoms with Crippen LogP contribution in [0.4, 0.5) is 0 Å². The van der Waals surface area contributed by atoms with E-state index in [-0.39, 0.29) is 0 Å². The Morgan fingerprint density at radius 3 is 3.00 bits per heavy atom. The summed E-state index contributed by atoms with van der Waals surface area (Å²) in [6, 6.07) is 0. The minimum atomic E-state index is -0.489. The van der Waals surface area contributed by atoms with Gasteiger partial charge in [0, 0.05) is 13.7 Å². The van der Waals surface area contributed by atoms with Crippen LogP contribution in [0.2, 0.25) is 0 Å². The molecule has 1 rings (SSSR count). The van der Waals surface area contributed by atoms with E-state index in [1.165, 1.54) is 12.8 Å². The molecule has 0 aromatic carbocycles. The van der Waals surface area contributed by atoms with Crippen LogP contribution >= 0.6 is 0 Å². The van der Waals surface area contributed by atoms with E-state index in [0.29, 0.717) is 19.1 Å². The van der Waals surface area contributed by atoms with E-state index in [9.17, 15) is 5.11 Å². The van der Waals surface area contributed by atoms with Gasteiger partial charge in [0.15, 0.2) is 0 Å². The van der Waals surface area contributed by atoms with Crippen LogP contribution in [0.15, 0.2) is 0 Å². The van der Waals surface area contributed by atoms with Crippen LogP contribution in [0.1, 0.15) is 12.8 Å². The third-order valence-electron chi connectivity index (χ3n) is 2.42. The molecule has 1 fully saturated rings. The molecule has 0 bridgehead atoms. The molecule has 84 valence electrons. The van der Waals surface area contributed by atoms with Gasteiger partial charge in [0.2, 0.25) is 0 Å². The minimum absolute atomic E-state index is 0.350. The minimum Gasteiger partial charge on any atom is -0.388 e. The molecule has 2 unspecified atom stereocenters. The lowest BCUT2D eigenvalue weighted by Crippen LogP contribution is -2.33. The summed E-state index contributed by atoms with van der Waals surface area (Å²) >= 11 is 0. The van der Waals surface area contributed by atoms with E-state index in [2.05, 4.69) is 5.32 Å². The van der Waals surface area contributed by atoms with Gasteiger partial charge in [0.25, 0.3) is 0 Å². The first-order chi connectivity index (χ1) is 6.83. The van der Waals surface area contributed by atoms with Crippen LogP contribution in [0.3, 0.4) is 0 Å². The summed E-state index contributed by atoms with van der Waals surface area (Å²) < 4.78 is 10.2. The van der Waals surface area contributed by atoms with E-state index in [4.69, 9.17) is 9.47 Å². The molecule has 1 aliphatic rings. The molecule has 14 heavy (non-hydrogen) atoms. The third kappa shape index (κ3) is 4.91. The molecule has 1 aliphatic heterocycles. The Hall–Kier alpha value is -0.160. The van der Waals surface area contributed by atoms with E-state index in [1.807, 2.05) is 0 Å². The number of rotatable bonds is 6. The molecule has 1 saturated heterocycles. The van der Waals surface area contributed by atoms with Gasteiger partial charge in [-0.3, -0.25) is 0 Å². The third-order valence-corrected chi connectivity index (χ3v) is 2.42. The summed E-state index contributed by atoms with van der Waals surface area (Å²) in [5, 5.41) is 12.6. The SMILES string of the molecule is COCC(O)COCC1CCCNC1. The number of nitrogens with one attached hydrogen (secondary N) is 1. The Morgan fingerprint density at radius 1 is 1.50 bits per heavy atom. The molecule has 4 heteroatoms. The standard InChI is InChI=1S/C10H21NO3/c1-13-7-10(12)8-14-6-9-3-2-4-11-5-9/h9-12H,2-8H2,1H3. The second kappa shape index (κ2) is 7.17. The second-order valence-electron chi connectivity index (χ2n) is 3.86. The monoisotopic (exact) mass is 203 g/mol. The van der Waals surface area contributed by atoms with Crippen LogP contribution in [0.25, 0.3) is 0 Å². The van der Waals surface area contributed by atoms with Crippen molar-refractivity contribution in [3.05, 3.63) is 0 Å². The smallest absolute Gasteiger partial charge is 0.101 e. The molecule has 2 atom stereocenters. The lowest BCUT2D eigenvalue weighted by atomic mass is 10.0. The summed E-state index contributed by atoms with van der Waals surface area (Å²) in [6.45, 7) is 3.64. The normalized spacial score (nSPS) is 24.9. The topological polar surface area (TPSA) is 50.7 Å². The number of aliphatic hydroxyl groups excluding tert-OH is 1. The molecule has 2 N–H and O–H groups in total. The Kier molecular flexibility index (Phi) is 6.10. The van der Waals surface area contributed by atoms with E-state index >= 15 is 0 Å². The van der Waals surface area contributed by atoms with Crippen molar-refractivity contribution in [3.8, 4) is 0 Å². The van der Waals surface area contributed by atoms with Gasteiger partial charge in [0.1, 0.15) is 6.10 Å². The summed E-state index contributed by atoms with van der Waals surface area (Å²) in [4.78, 5) is 0. The fraction of sp³-hybridized carbons (Fsp3) is 1.00. The number of aliphatic hydroxyl groups is 1. The van der Waals surface area contributed by atoms with Crippen molar-refractivity contribution in [2.75, 3.05) is 40.0 Å². The first-order valence-corrected chi connectivity index (χ1v) is 5.28. The van der Waals surface area contributed by atoms with Crippen molar-refractivity contribution in [2.24, 2.45) is 5.92 Å². The van der Waals surface area contributed by atoms with Gasteiger partial charge in [-0.05, 0) is 25.3 Å². The van der Waals surface area contributed by atoms with Gasteiger partial charge in [-0.2, -0.15) is 0 Å². The van der Waals surface area contributed by atoms with Crippen LogP contribution in [-0.4, -0.2) is 51.2 Å². The Morgan fingerprint density at radius 2 is 2.36 bits per heavy atom. The Labute approximate surface area is 85.6 Å². The zero-order valence-corrected chi connectivity index (χ0v) is 8.87. The Bertz CT molecular complexity index is 137. The fourth-order valence-electron chi connectivity index (χ4n) is 1.68. The van der Waals surface area contributed by atoms with Crippen LogP contribution < -0.4 is 5.32 Å². The molecular formula is C10H21NO3. The summed E-state index contributed by atoms with van der Waals surface area (Å²) in [6.07, 6.45) is 1.97. The lowest BCUT2D eigenvalue weighted by molar-refractivity contribution is -0.0168. The number of methoxy groups -OCH3 is 1. The molecule has 1 heterocycles. The largest absolute Gasteiger partial charge is 0.388 e. The van der Waals surface area contributed by atoms with Crippen molar-refractivity contribution >= 4 is 0 Å². The maximum absolute atomic E-state index is 9.31. The van der Waals surface area contributed by atoms with Gasteiger partial charge in [0.05, 0.1) is 19.8 Å². The summed E-state index contributed by atoms with van der Waals surface area (Å²) in [5.41, 5.74) is 0. The highest BCUT2D eigenvalue weighted by Crippen LogP contribution is 2.09. The molecule has 0 saturated carbocycles. The maximum Gasteiger partial charge on any atom is 0.101 e. The second-order valence-corrected chi connectivity index (χ2v) is 3.86. The maximum atomic E-state index is 9.31. The van der Waals surface area contributed by atoms with Crippen molar-refractivity contribution in [2.45, 2.75) is 18.9 Å². The molecule has 4 nitrogen and oxygen atoms in total.